The summed E-state index contributed by atoms with van der Waals surface area (Å²) in [6.07, 6.45) is 0. The molecule has 4 rings (SSSR count). The lowest BCUT2D eigenvalue weighted by molar-refractivity contribution is 0.614. The van der Waals surface area contributed by atoms with Crippen LogP contribution in [0, 0.1) is 5.82 Å². The standard InChI is InChI=1S/C16H12ClFN4O/c1-22-13-4-2-9(8-17)6-11(13)19-15(22)21-16-20-12-7-10(18)3-5-14(12)23-16/h2-7H,8H2,1H3,(H,19,20,21). The summed E-state index contributed by atoms with van der Waals surface area (Å²) < 4.78 is 20.7. The number of nitrogens with zero attached hydrogens (tertiary/aromatic N) is 3. The molecule has 5 nitrogen and oxygen atoms in total. The summed E-state index contributed by atoms with van der Waals surface area (Å²) in [5, 5.41) is 3.03. The highest BCUT2D eigenvalue weighted by atomic mass is 35.5. The summed E-state index contributed by atoms with van der Waals surface area (Å²) in [5.74, 6) is 0.666. The van der Waals surface area contributed by atoms with Gasteiger partial charge >= 0.3 is 6.01 Å². The zero-order valence-corrected chi connectivity index (χ0v) is 12.9. The van der Waals surface area contributed by atoms with Gasteiger partial charge in [-0.2, -0.15) is 4.98 Å². The number of alkyl halides is 1. The predicted molar refractivity (Wildman–Crippen MR) is 87.5 cm³/mol. The molecule has 116 valence electrons. The lowest BCUT2D eigenvalue weighted by atomic mass is 10.2. The van der Waals surface area contributed by atoms with Crippen LogP contribution in [-0.2, 0) is 12.9 Å². The third-order valence-corrected chi connectivity index (χ3v) is 3.98. The number of benzene rings is 2. The molecular weight excluding hydrogens is 319 g/mol. The van der Waals surface area contributed by atoms with Crippen LogP contribution in [0.4, 0.5) is 16.4 Å². The molecule has 0 saturated heterocycles. The van der Waals surface area contributed by atoms with Crippen LogP contribution in [0.5, 0.6) is 0 Å². The van der Waals surface area contributed by atoms with Crippen molar-refractivity contribution in [1.29, 1.82) is 0 Å². The van der Waals surface area contributed by atoms with Crippen molar-refractivity contribution in [1.82, 2.24) is 14.5 Å². The smallest absolute Gasteiger partial charge is 0.302 e. The fourth-order valence-electron chi connectivity index (χ4n) is 2.49. The van der Waals surface area contributed by atoms with E-state index in [4.69, 9.17) is 16.0 Å². The van der Waals surface area contributed by atoms with Gasteiger partial charge in [0.15, 0.2) is 5.58 Å². The van der Waals surface area contributed by atoms with Crippen LogP contribution < -0.4 is 5.32 Å². The van der Waals surface area contributed by atoms with Gasteiger partial charge < -0.3 is 8.98 Å². The third-order valence-electron chi connectivity index (χ3n) is 3.67. The lowest BCUT2D eigenvalue weighted by Gasteiger charge is -2.01. The van der Waals surface area contributed by atoms with Crippen LogP contribution in [0.15, 0.2) is 40.8 Å². The lowest BCUT2D eigenvalue weighted by Crippen LogP contribution is -1.98. The van der Waals surface area contributed by atoms with E-state index in [9.17, 15) is 4.39 Å². The third kappa shape index (κ3) is 2.41. The number of fused-ring (bicyclic) bond motifs is 2. The largest absolute Gasteiger partial charge is 0.423 e. The van der Waals surface area contributed by atoms with E-state index in [2.05, 4.69) is 15.3 Å². The van der Waals surface area contributed by atoms with Gasteiger partial charge in [-0.05, 0) is 29.8 Å². The summed E-state index contributed by atoms with van der Waals surface area (Å²) in [6.45, 7) is 0. The van der Waals surface area contributed by atoms with Crippen LogP contribution in [-0.4, -0.2) is 14.5 Å². The van der Waals surface area contributed by atoms with Gasteiger partial charge in [-0.3, -0.25) is 5.32 Å². The normalized spacial score (nSPS) is 11.4. The zero-order chi connectivity index (χ0) is 16.0. The Hall–Kier alpha value is -2.60. The van der Waals surface area contributed by atoms with Crippen molar-refractivity contribution in [2.45, 2.75) is 5.88 Å². The summed E-state index contributed by atoms with van der Waals surface area (Å²) in [7, 11) is 1.89. The van der Waals surface area contributed by atoms with Gasteiger partial charge in [0, 0.05) is 19.0 Å². The minimum Gasteiger partial charge on any atom is -0.423 e. The van der Waals surface area contributed by atoms with Crippen molar-refractivity contribution in [3.63, 3.8) is 0 Å². The first-order valence-corrected chi connectivity index (χ1v) is 7.52. The molecule has 0 spiro atoms. The molecule has 0 amide bonds. The van der Waals surface area contributed by atoms with E-state index in [0.29, 0.717) is 22.9 Å². The second-order valence-corrected chi connectivity index (χ2v) is 5.47. The highest BCUT2D eigenvalue weighted by molar-refractivity contribution is 6.17. The van der Waals surface area contributed by atoms with Crippen LogP contribution in [0.2, 0.25) is 0 Å². The zero-order valence-electron chi connectivity index (χ0n) is 12.2. The summed E-state index contributed by atoms with van der Waals surface area (Å²) in [5.41, 5.74) is 3.76. The highest BCUT2D eigenvalue weighted by Crippen LogP contribution is 2.25. The Bertz CT molecular complexity index is 1020. The number of aryl methyl sites for hydroxylation is 1. The Balaban J connectivity index is 1.74. The van der Waals surface area contributed by atoms with E-state index < -0.39 is 0 Å². The Kier molecular flexibility index (Phi) is 3.20. The molecule has 0 radical (unpaired) electrons. The Labute approximate surface area is 135 Å². The van der Waals surface area contributed by atoms with Gasteiger partial charge in [0.25, 0.3) is 0 Å². The first-order valence-electron chi connectivity index (χ1n) is 6.98. The second-order valence-electron chi connectivity index (χ2n) is 5.21. The fourth-order valence-corrected chi connectivity index (χ4v) is 2.66. The average molecular weight is 331 g/mol. The molecule has 0 saturated carbocycles. The van der Waals surface area contributed by atoms with Gasteiger partial charge in [-0.1, -0.05) is 6.07 Å². The molecule has 0 aliphatic carbocycles. The van der Waals surface area contributed by atoms with E-state index >= 15 is 0 Å². The number of anilines is 2. The molecule has 0 aliphatic heterocycles. The molecular formula is C16H12ClFN4O. The van der Waals surface area contributed by atoms with E-state index in [0.717, 1.165) is 16.6 Å². The average Bonchev–Trinajstić information content (AvgIpc) is 3.08. The number of hydrogen-bond donors (Lipinski definition) is 1. The van der Waals surface area contributed by atoms with E-state index in [-0.39, 0.29) is 11.8 Å². The van der Waals surface area contributed by atoms with Gasteiger partial charge in [-0.25, -0.2) is 9.37 Å². The molecule has 7 heteroatoms. The van der Waals surface area contributed by atoms with Crippen LogP contribution in [0.3, 0.4) is 0 Å². The Morgan fingerprint density at radius 2 is 2.04 bits per heavy atom. The molecule has 4 aromatic rings. The number of hydrogen-bond acceptors (Lipinski definition) is 4. The number of imidazole rings is 1. The van der Waals surface area contributed by atoms with E-state index in [1.807, 2.05) is 29.8 Å². The Morgan fingerprint density at radius 3 is 2.87 bits per heavy atom. The number of halogens is 2. The Morgan fingerprint density at radius 1 is 1.17 bits per heavy atom. The number of nitrogens with one attached hydrogen (secondary N) is 1. The first kappa shape index (κ1) is 14.0. The topological polar surface area (TPSA) is 55.9 Å². The quantitative estimate of drug-likeness (QED) is 0.568. The van der Waals surface area contributed by atoms with Gasteiger partial charge in [-0.15, -0.1) is 11.6 Å². The molecule has 0 aliphatic rings. The van der Waals surface area contributed by atoms with Gasteiger partial charge in [0.2, 0.25) is 5.95 Å². The molecule has 2 aromatic carbocycles. The van der Waals surface area contributed by atoms with Crippen molar-refractivity contribution in [3.8, 4) is 0 Å². The van der Waals surface area contributed by atoms with Crippen molar-refractivity contribution in [2.24, 2.45) is 7.05 Å². The highest BCUT2D eigenvalue weighted by Gasteiger charge is 2.12. The SMILES string of the molecule is Cn1c(Nc2nc3cc(F)ccc3o2)nc2cc(CCl)ccc21. The first-order chi connectivity index (χ1) is 11.1. The molecule has 2 heterocycles. The monoisotopic (exact) mass is 330 g/mol. The van der Waals surface area contributed by atoms with E-state index in [1.54, 1.807) is 6.07 Å². The maximum atomic E-state index is 13.2. The van der Waals surface area contributed by atoms with Crippen molar-refractivity contribution in [2.75, 3.05) is 5.32 Å². The summed E-state index contributed by atoms with van der Waals surface area (Å²) in [6, 6.07) is 10.3. The fraction of sp³-hybridized carbons (Fsp3) is 0.125. The summed E-state index contributed by atoms with van der Waals surface area (Å²) in [4.78, 5) is 8.74. The van der Waals surface area contributed by atoms with Gasteiger partial charge in [0.1, 0.15) is 11.3 Å². The van der Waals surface area contributed by atoms with Crippen LogP contribution >= 0.6 is 11.6 Å². The maximum absolute atomic E-state index is 13.2. The summed E-state index contributed by atoms with van der Waals surface area (Å²) >= 11 is 5.86. The molecule has 0 unspecified atom stereocenters. The van der Waals surface area contributed by atoms with Gasteiger partial charge in [0.05, 0.1) is 11.0 Å². The molecule has 0 atom stereocenters. The molecule has 2 aromatic heterocycles. The molecule has 0 bridgehead atoms. The van der Waals surface area contributed by atoms with Crippen LogP contribution in [0.25, 0.3) is 22.1 Å². The molecule has 23 heavy (non-hydrogen) atoms. The number of rotatable bonds is 3. The minimum absolute atomic E-state index is 0.265. The minimum atomic E-state index is -0.353. The molecule has 1 N–H and O–H groups in total. The second kappa shape index (κ2) is 5.24. The van der Waals surface area contributed by atoms with E-state index in [1.165, 1.54) is 12.1 Å². The van der Waals surface area contributed by atoms with Crippen molar-refractivity contribution in [3.05, 3.63) is 47.8 Å². The van der Waals surface area contributed by atoms with Crippen molar-refractivity contribution >= 4 is 45.7 Å². The predicted octanol–water partition coefficient (Wildman–Crippen LogP) is 4.34. The number of aromatic nitrogens is 3. The maximum Gasteiger partial charge on any atom is 0.302 e. The number of oxazole rings is 1. The van der Waals surface area contributed by atoms with Crippen LogP contribution in [0.1, 0.15) is 5.56 Å². The molecule has 0 fully saturated rings. The van der Waals surface area contributed by atoms with Crippen molar-refractivity contribution < 1.29 is 8.81 Å².